The minimum Gasteiger partial charge on any atom is -0.314 e. The molecule has 1 N–H and O–H groups in total. The minimum atomic E-state index is 0.838. The second-order valence-corrected chi connectivity index (χ2v) is 2.86. The van der Waals surface area contributed by atoms with E-state index in [0.29, 0.717) is 0 Å². The summed E-state index contributed by atoms with van der Waals surface area (Å²) < 4.78 is 0. The lowest BCUT2D eigenvalue weighted by molar-refractivity contribution is 0.579. The zero-order chi connectivity index (χ0) is 8.85. The third-order valence-electron chi connectivity index (χ3n) is 2.32. The molecule has 2 aliphatic rings. The Kier molecular flexibility index (Phi) is 5.57. The molecule has 1 nitrogen and oxygen atoms in total. The summed E-state index contributed by atoms with van der Waals surface area (Å²) in [6.07, 6.45) is 1.51. The van der Waals surface area contributed by atoms with Crippen LogP contribution in [0.2, 0.25) is 0 Å². The van der Waals surface area contributed by atoms with Crippen LogP contribution in [0.3, 0.4) is 0 Å². The molecular formula is C10H23N. The number of piperidine rings is 1. The Morgan fingerprint density at radius 2 is 1.64 bits per heavy atom. The number of hydrogen-bond donors (Lipinski definition) is 1. The van der Waals surface area contributed by atoms with Gasteiger partial charge >= 0.3 is 0 Å². The van der Waals surface area contributed by atoms with Gasteiger partial charge in [0.15, 0.2) is 0 Å². The van der Waals surface area contributed by atoms with E-state index in [1.165, 1.54) is 13.0 Å². The average Bonchev–Trinajstić information content (AvgIpc) is 2.80. The van der Waals surface area contributed by atoms with E-state index in [1.807, 2.05) is 27.7 Å². The molecule has 11 heavy (non-hydrogen) atoms. The highest BCUT2D eigenvalue weighted by Crippen LogP contribution is 2.44. The molecule has 0 radical (unpaired) electrons. The summed E-state index contributed by atoms with van der Waals surface area (Å²) in [6, 6.07) is 0.838. The predicted molar refractivity (Wildman–Crippen MR) is 51.8 cm³/mol. The van der Waals surface area contributed by atoms with E-state index in [2.05, 4.69) is 12.2 Å². The zero-order valence-corrected chi connectivity index (χ0v) is 8.65. The van der Waals surface area contributed by atoms with Gasteiger partial charge in [-0.05, 0) is 31.7 Å². The van der Waals surface area contributed by atoms with Crippen LogP contribution in [-0.4, -0.2) is 12.6 Å². The molecule has 0 aromatic rings. The second-order valence-electron chi connectivity index (χ2n) is 2.86. The maximum atomic E-state index is 3.42. The van der Waals surface area contributed by atoms with Crippen LogP contribution in [0.1, 0.15) is 41.0 Å². The minimum absolute atomic E-state index is 0.838. The Hall–Kier alpha value is -0.0400. The van der Waals surface area contributed by atoms with Gasteiger partial charge in [0, 0.05) is 6.04 Å². The van der Waals surface area contributed by atoms with E-state index in [4.69, 9.17) is 0 Å². The molecule has 1 heterocycles. The van der Waals surface area contributed by atoms with Crippen molar-refractivity contribution in [2.75, 3.05) is 6.54 Å². The lowest BCUT2D eigenvalue weighted by Crippen LogP contribution is -2.21. The normalized spacial score (nSPS) is 37.4. The van der Waals surface area contributed by atoms with Crippen molar-refractivity contribution in [1.82, 2.24) is 5.32 Å². The molecule has 68 valence electrons. The summed E-state index contributed by atoms with van der Waals surface area (Å²) in [5, 5.41) is 3.42. The topological polar surface area (TPSA) is 12.0 Å². The summed E-state index contributed by atoms with van der Waals surface area (Å²) in [6.45, 7) is 11.6. The largest absolute Gasteiger partial charge is 0.314 e. The van der Waals surface area contributed by atoms with E-state index in [0.717, 1.165) is 17.9 Å². The summed E-state index contributed by atoms with van der Waals surface area (Å²) in [7, 11) is 0. The standard InChI is InChI=1S/C6H11N.2C2H6/c1-4-6-2-5(6)3-7-4;2*1-2/h4-7H,2-3H2,1H3;2*1-2H3. The molecule has 2 fully saturated rings. The highest BCUT2D eigenvalue weighted by molar-refractivity contribution is 5.00. The number of rotatable bonds is 0. The summed E-state index contributed by atoms with van der Waals surface area (Å²) >= 11 is 0. The molecule has 1 saturated heterocycles. The van der Waals surface area contributed by atoms with E-state index >= 15 is 0 Å². The van der Waals surface area contributed by atoms with Crippen molar-refractivity contribution in [1.29, 1.82) is 0 Å². The van der Waals surface area contributed by atoms with E-state index in [1.54, 1.807) is 0 Å². The quantitative estimate of drug-likeness (QED) is 0.570. The van der Waals surface area contributed by atoms with Crippen molar-refractivity contribution >= 4 is 0 Å². The Morgan fingerprint density at radius 1 is 1.09 bits per heavy atom. The monoisotopic (exact) mass is 157 g/mol. The summed E-state index contributed by atoms with van der Waals surface area (Å²) in [5.41, 5.74) is 0. The van der Waals surface area contributed by atoms with Gasteiger partial charge in [-0.25, -0.2) is 0 Å². The smallest absolute Gasteiger partial charge is 0.00703 e. The van der Waals surface area contributed by atoms with Crippen LogP contribution in [0.25, 0.3) is 0 Å². The fourth-order valence-electron chi connectivity index (χ4n) is 1.61. The molecule has 0 aromatic heterocycles. The van der Waals surface area contributed by atoms with Gasteiger partial charge in [0.2, 0.25) is 0 Å². The lowest BCUT2D eigenvalue weighted by atomic mass is 10.2. The van der Waals surface area contributed by atoms with Crippen LogP contribution in [-0.2, 0) is 0 Å². The van der Waals surface area contributed by atoms with Gasteiger partial charge in [-0.1, -0.05) is 27.7 Å². The predicted octanol–water partition coefficient (Wildman–Crippen LogP) is 2.67. The Bertz CT molecular complexity index is 90.9. The first kappa shape index (κ1) is 11.0. The molecule has 1 aliphatic heterocycles. The van der Waals surface area contributed by atoms with Crippen LogP contribution >= 0.6 is 0 Å². The van der Waals surface area contributed by atoms with Gasteiger partial charge in [-0.3, -0.25) is 0 Å². The van der Waals surface area contributed by atoms with Crippen molar-refractivity contribution in [3.05, 3.63) is 0 Å². The van der Waals surface area contributed by atoms with Gasteiger partial charge in [0.1, 0.15) is 0 Å². The maximum Gasteiger partial charge on any atom is 0.00703 e. The third kappa shape index (κ3) is 2.82. The molecule has 1 aliphatic carbocycles. The van der Waals surface area contributed by atoms with Crippen LogP contribution in [0.5, 0.6) is 0 Å². The first-order chi connectivity index (χ1) is 5.38. The SMILES string of the molecule is CC.CC.CC1NCC2CC21. The maximum absolute atomic E-state index is 3.42. The highest BCUT2D eigenvalue weighted by Gasteiger charge is 2.45. The molecule has 3 unspecified atom stereocenters. The fourth-order valence-corrected chi connectivity index (χ4v) is 1.61. The molecule has 0 aromatic carbocycles. The number of hydrogen-bond acceptors (Lipinski definition) is 1. The Labute approximate surface area is 71.6 Å². The van der Waals surface area contributed by atoms with Gasteiger partial charge in [0.25, 0.3) is 0 Å². The average molecular weight is 157 g/mol. The van der Waals surface area contributed by atoms with Crippen molar-refractivity contribution in [3.63, 3.8) is 0 Å². The van der Waals surface area contributed by atoms with Crippen LogP contribution in [0.4, 0.5) is 0 Å². The molecule has 0 bridgehead atoms. The zero-order valence-electron chi connectivity index (χ0n) is 8.65. The van der Waals surface area contributed by atoms with E-state index < -0.39 is 0 Å². The van der Waals surface area contributed by atoms with E-state index in [9.17, 15) is 0 Å². The fraction of sp³-hybridized carbons (Fsp3) is 1.00. The van der Waals surface area contributed by atoms with Crippen LogP contribution in [0.15, 0.2) is 0 Å². The van der Waals surface area contributed by atoms with Gasteiger partial charge < -0.3 is 5.32 Å². The number of nitrogens with one attached hydrogen (secondary N) is 1. The van der Waals surface area contributed by atoms with E-state index in [-0.39, 0.29) is 0 Å². The molecule has 0 spiro atoms. The molecular weight excluding hydrogens is 134 g/mol. The Morgan fingerprint density at radius 3 is 1.73 bits per heavy atom. The van der Waals surface area contributed by atoms with Gasteiger partial charge in [-0.2, -0.15) is 0 Å². The van der Waals surface area contributed by atoms with Crippen molar-refractivity contribution < 1.29 is 0 Å². The number of fused-ring (bicyclic) bond motifs is 1. The first-order valence-electron chi connectivity index (χ1n) is 5.11. The molecule has 1 saturated carbocycles. The van der Waals surface area contributed by atoms with Crippen LogP contribution < -0.4 is 5.32 Å². The van der Waals surface area contributed by atoms with Crippen molar-refractivity contribution in [2.24, 2.45) is 11.8 Å². The highest BCUT2D eigenvalue weighted by atomic mass is 15.0. The Balaban J connectivity index is 0.000000222. The molecule has 1 heteroatoms. The first-order valence-corrected chi connectivity index (χ1v) is 5.11. The summed E-state index contributed by atoms with van der Waals surface area (Å²) in [5.74, 6) is 2.15. The second kappa shape index (κ2) is 5.59. The third-order valence-corrected chi connectivity index (χ3v) is 2.32. The van der Waals surface area contributed by atoms with Gasteiger partial charge in [0.05, 0.1) is 0 Å². The molecule has 3 atom stereocenters. The molecule has 0 amide bonds. The van der Waals surface area contributed by atoms with Gasteiger partial charge in [-0.15, -0.1) is 0 Å². The van der Waals surface area contributed by atoms with Crippen molar-refractivity contribution in [2.45, 2.75) is 47.1 Å². The van der Waals surface area contributed by atoms with Crippen molar-refractivity contribution in [3.8, 4) is 0 Å². The lowest BCUT2D eigenvalue weighted by Gasteiger charge is -2.01. The van der Waals surface area contributed by atoms with Crippen LogP contribution in [0, 0.1) is 11.8 Å². The summed E-state index contributed by atoms with van der Waals surface area (Å²) in [4.78, 5) is 0. The molecule has 2 rings (SSSR count).